The molecule has 0 bridgehead atoms. The van der Waals surface area contributed by atoms with Gasteiger partial charge in [0.05, 0.1) is 17.1 Å². The monoisotopic (exact) mass is 423 g/mol. The van der Waals surface area contributed by atoms with E-state index in [4.69, 9.17) is 0 Å². The first kappa shape index (κ1) is 19.8. The molecule has 2 aromatic carbocycles. The van der Waals surface area contributed by atoms with Crippen LogP contribution in [0.4, 0.5) is 4.39 Å². The predicted octanol–water partition coefficient (Wildman–Crippen LogP) is 3.04. The molecule has 30 heavy (non-hydrogen) atoms. The molecule has 2 heterocycles. The number of hydrogen-bond donors (Lipinski definition) is 2. The van der Waals surface area contributed by atoms with E-state index >= 15 is 0 Å². The second-order valence-corrected chi connectivity index (χ2v) is 7.93. The van der Waals surface area contributed by atoms with Crippen molar-refractivity contribution in [3.05, 3.63) is 82.5 Å². The number of carbonyl (C=O) groups is 1. The summed E-state index contributed by atoms with van der Waals surface area (Å²) in [4.78, 5) is 32.1. The normalized spacial score (nSPS) is 12.1. The Labute approximate surface area is 175 Å². The first-order valence-corrected chi connectivity index (χ1v) is 10.1. The fraction of sp³-hybridized carbons (Fsp3) is 0.143. The lowest BCUT2D eigenvalue weighted by Crippen LogP contribution is -2.30. The van der Waals surface area contributed by atoms with Crippen LogP contribution in [0.1, 0.15) is 12.5 Å². The van der Waals surface area contributed by atoms with E-state index in [1.54, 1.807) is 23.7 Å². The molecular weight excluding hydrogens is 405 g/mol. The largest absolute Gasteiger partial charge is 0.351 e. The van der Waals surface area contributed by atoms with E-state index in [-0.39, 0.29) is 23.8 Å². The van der Waals surface area contributed by atoms with Crippen molar-refractivity contribution < 1.29 is 9.18 Å². The number of thioether (sulfide) groups is 1. The summed E-state index contributed by atoms with van der Waals surface area (Å²) >= 11 is 1.15. The molecule has 0 unspecified atom stereocenters. The summed E-state index contributed by atoms with van der Waals surface area (Å²) < 4.78 is 14.6. The zero-order chi connectivity index (χ0) is 21.1. The Balaban J connectivity index is 1.51. The number of aromatic amines is 1. The number of carbonyl (C=O) groups excluding carboxylic acids is 1. The smallest absolute Gasteiger partial charge is 0.262 e. The standard InChI is InChI=1S/C21H18FN5O2S/c1-13(19(28)23-11-14-7-9-15(22)10-8-14)30-21-25-18-17(20(29)26-21)12-24-27(18)16-5-3-2-4-6-16/h2-10,12-13H,11H2,1H3,(H,23,28)(H,25,26,29)/t13-/m1/s1. The Morgan fingerprint density at radius 3 is 2.67 bits per heavy atom. The summed E-state index contributed by atoms with van der Waals surface area (Å²) in [6.07, 6.45) is 1.47. The molecule has 1 amide bonds. The van der Waals surface area contributed by atoms with Crippen LogP contribution < -0.4 is 10.9 Å². The Bertz CT molecular complexity index is 1240. The van der Waals surface area contributed by atoms with Gasteiger partial charge in [0, 0.05) is 6.54 Å². The number of para-hydroxylation sites is 1. The molecule has 0 spiro atoms. The first-order valence-electron chi connectivity index (χ1n) is 9.23. The van der Waals surface area contributed by atoms with Gasteiger partial charge in [-0.1, -0.05) is 42.1 Å². The number of fused-ring (bicyclic) bond motifs is 1. The third-order valence-electron chi connectivity index (χ3n) is 4.45. The van der Waals surface area contributed by atoms with Gasteiger partial charge in [0.15, 0.2) is 10.8 Å². The molecule has 4 rings (SSSR count). The minimum absolute atomic E-state index is 0.219. The van der Waals surface area contributed by atoms with Gasteiger partial charge >= 0.3 is 0 Å². The van der Waals surface area contributed by atoms with Crippen molar-refractivity contribution in [3.63, 3.8) is 0 Å². The number of hydrogen-bond acceptors (Lipinski definition) is 5. The SMILES string of the molecule is C[C@@H](Sc1nc2c(cnn2-c2ccccc2)c(=O)[nH]1)C(=O)NCc1ccc(F)cc1. The minimum Gasteiger partial charge on any atom is -0.351 e. The van der Waals surface area contributed by atoms with Crippen LogP contribution >= 0.6 is 11.8 Å². The van der Waals surface area contributed by atoms with E-state index in [0.29, 0.717) is 16.2 Å². The molecule has 7 nitrogen and oxygen atoms in total. The van der Waals surface area contributed by atoms with E-state index < -0.39 is 5.25 Å². The lowest BCUT2D eigenvalue weighted by atomic mass is 10.2. The van der Waals surface area contributed by atoms with Crippen molar-refractivity contribution in [1.82, 2.24) is 25.1 Å². The van der Waals surface area contributed by atoms with Crippen molar-refractivity contribution in [1.29, 1.82) is 0 Å². The molecule has 0 aliphatic heterocycles. The highest BCUT2D eigenvalue weighted by Crippen LogP contribution is 2.21. The number of nitrogens with zero attached hydrogens (tertiary/aromatic N) is 3. The van der Waals surface area contributed by atoms with Gasteiger partial charge in [0.1, 0.15) is 11.2 Å². The molecular formula is C21H18FN5O2S. The van der Waals surface area contributed by atoms with Crippen LogP contribution in [0.3, 0.4) is 0 Å². The van der Waals surface area contributed by atoms with E-state index in [0.717, 1.165) is 23.0 Å². The van der Waals surface area contributed by atoms with Crippen LogP contribution in [-0.2, 0) is 11.3 Å². The Morgan fingerprint density at radius 2 is 1.93 bits per heavy atom. The summed E-state index contributed by atoms with van der Waals surface area (Å²) in [6, 6.07) is 15.3. The number of amides is 1. The quantitative estimate of drug-likeness (QED) is 0.367. The molecule has 0 saturated heterocycles. The van der Waals surface area contributed by atoms with Crippen molar-refractivity contribution in [2.24, 2.45) is 0 Å². The molecule has 152 valence electrons. The highest BCUT2D eigenvalue weighted by Gasteiger charge is 2.18. The molecule has 4 aromatic rings. The fourth-order valence-electron chi connectivity index (χ4n) is 2.87. The van der Waals surface area contributed by atoms with E-state index in [2.05, 4.69) is 20.4 Å². The highest BCUT2D eigenvalue weighted by molar-refractivity contribution is 8.00. The minimum atomic E-state index is -0.501. The lowest BCUT2D eigenvalue weighted by Gasteiger charge is -2.11. The van der Waals surface area contributed by atoms with Crippen LogP contribution in [0.2, 0.25) is 0 Å². The van der Waals surface area contributed by atoms with Gasteiger partial charge in [-0.15, -0.1) is 0 Å². The number of H-pyrrole nitrogens is 1. The Hall–Kier alpha value is -3.46. The van der Waals surface area contributed by atoms with Gasteiger partial charge in [0.25, 0.3) is 5.56 Å². The number of rotatable bonds is 6. The van der Waals surface area contributed by atoms with Crippen LogP contribution in [0.5, 0.6) is 0 Å². The summed E-state index contributed by atoms with van der Waals surface area (Å²) in [7, 11) is 0. The fourth-order valence-corrected chi connectivity index (χ4v) is 3.68. The predicted molar refractivity (Wildman–Crippen MR) is 113 cm³/mol. The number of halogens is 1. The molecule has 9 heteroatoms. The van der Waals surface area contributed by atoms with Gasteiger partial charge in [-0.25, -0.2) is 14.1 Å². The van der Waals surface area contributed by atoms with E-state index in [9.17, 15) is 14.0 Å². The molecule has 0 aliphatic rings. The van der Waals surface area contributed by atoms with Crippen molar-refractivity contribution in [2.45, 2.75) is 23.9 Å². The molecule has 2 N–H and O–H groups in total. The summed E-state index contributed by atoms with van der Waals surface area (Å²) in [5.41, 5.74) is 1.68. The van der Waals surface area contributed by atoms with E-state index in [1.165, 1.54) is 18.3 Å². The topological polar surface area (TPSA) is 92.7 Å². The van der Waals surface area contributed by atoms with Crippen LogP contribution in [0, 0.1) is 5.82 Å². The molecule has 2 aromatic heterocycles. The second kappa shape index (κ2) is 8.50. The molecule has 0 saturated carbocycles. The third-order valence-corrected chi connectivity index (χ3v) is 5.44. The maximum atomic E-state index is 13.0. The van der Waals surface area contributed by atoms with Gasteiger partial charge in [0.2, 0.25) is 5.91 Å². The second-order valence-electron chi connectivity index (χ2n) is 6.60. The maximum absolute atomic E-state index is 13.0. The number of benzene rings is 2. The zero-order valence-electron chi connectivity index (χ0n) is 16.0. The van der Waals surface area contributed by atoms with Crippen LogP contribution in [0.15, 0.2) is 70.7 Å². The average Bonchev–Trinajstić information content (AvgIpc) is 3.18. The molecule has 1 atom stereocenters. The molecule has 0 aliphatic carbocycles. The summed E-state index contributed by atoms with van der Waals surface area (Å²) in [5.74, 6) is -0.544. The summed E-state index contributed by atoms with van der Waals surface area (Å²) in [5, 5.41) is 7.27. The van der Waals surface area contributed by atoms with Crippen LogP contribution in [-0.4, -0.2) is 30.9 Å². The lowest BCUT2D eigenvalue weighted by molar-refractivity contribution is -0.120. The van der Waals surface area contributed by atoms with Crippen molar-refractivity contribution >= 4 is 28.7 Å². The van der Waals surface area contributed by atoms with Crippen molar-refractivity contribution in [3.8, 4) is 5.69 Å². The summed E-state index contributed by atoms with van der Waals surface area (Å²) in [6.45, 7) is 2.01. The molecule has 0 fully saturated rings. The Kier molecular flexibility index (Phi) is 5.62. The van der Waals surface area contributed by atoms with Gasteiger partial charge in [-0.2, -0.15) is 5.10 Å². The third kappa shape index (κ3) is 4.25. The van der Waals surface area contributed by atoms with Gasteiger partial charge in [-0.05, 0) is 36.8 Å². The van der Waals surface area contributed by atoms with E-state index in [1.807, 2.05) is 30.3 Å². The molecule has 0 radical (unpaired) electrons. The van der Waals surface area contributed by atoms with Gasteiger partial charge in [-0.3, -0.25) is 9.59 Å². The highest BCUT2D eigenvalue weighted by atomic mass is 32.2. The zero-order valence-corrected chi connectivity index (χ0v) is 16.8. The first-order chi connectivity index (χ1) is 14.5. The number of nitrogens with one attached hydrogen (secondary N) is 2. The van der Waals surface area contributed by atoms with Crippen LogP contribution in [0.25, 0.3) is 16.7 Å². The van der Waals surface area contributed by atoms with Crippen molar-refractivity contribution in [2.75, 3.05) is 0 Å². The maximum Gasteiger partial charge on any atom is 0.262 e. The van der Waals surface area contributed by atoms with Gasteiger partial charge < -0.3 is 10.3 Å². The average molecular weight is 423 g/mol. The Morgan fingerprint density at radius 1 is 1.20 bits per heavy atom. The number of aromatic nitrogens is 4.